The zero-order valence-electron chi connectivity index (χ0n) is 11.3. The van der Waals surface area contributed by atoms with Crippen LogP contribution in [-0.4, -0.2) is 21.6 Å². The van der Waals surface area contributed by atoms with Gasteiger partial charge in [0.1, 0.15) is 11.3 Å². The number of pyridine rings is 1. The van der Waals surface area contributed by atoms with E-state index in [-0.39, 0.29) is 0 Å². The summed E-state index contributed by atoms with van der Waals surface area (Å²) in [5, 5.41) is 0. The topological polar surface area (TPSA) is 39.9 Å². The van der Waals surface area contributed by atoms with Crippen LogP contribution in [0.5, 0.6) is 5.88 Å². The Morgan fingerprint density at radius 3 is 2.79 bits per heavy atom. The SMILES string of the molecule is COc1ccc2nc(CCl)n(C(C)C3CCC3)c2n1. The maximum atomic E-state index is 6.04. The third-order valence-corrected chi connectivity index (χ3v) is 4.39. The van der Waals surface area contributed by atoms with E-state index < -0.39 is 0 Å². The molecular formula is C14H18ClN3O. The fourth-order valence-corrected chi connectivity index (χ4v) is 2.96. The Hall–Kier alpha value is -1.29. The molecule has 0 aliphatic heterocycles. The normalized spacial score (nSPS) is 17.4. The first-order valence-electron chi connectivity index (χ1n) is 6.72. The van der Waals surface area contributed by atoms with Crippen LogP contribution >= 0.6 is 11.6 Å². The molecule has 19 heavy (non-hydrogen) atoms. The van der Waals surface area contributed by atoms with Crippen molar-refractivity contribution in [1.29, 1.82) is 0 Å². The molecule has 2 aromatic rings. The van der Waals surface area contributed by atoms with Crippen LogP contribution in [0.25, 0.3) is 11.2 Å². The van der Waals surface area contributed by atoms with Crippen LogP contribution in [0.2, 0.25) is 0 Å². The highest BCUT2D eigenvalue weighted by atomic mass is 35.5. The minimum Gasteiger partial charge on any atom is -0.481 e. The molecule has 1 saturated carbocycles. The molecule has 102 valence electrons. The molecular weight excluding hydrogens is 262 g/mol. The van der Waals surface area contributed by atoms with Gasteiger partial charge in [0.05, 0.1) is 13.0 Å². The van der Waals surface area contributed by atoms with Crippen molar-refractivity contribution in [3.63, 3.8) is 0 Å². The highest BCUT2D eigenvalue weighted by molar-refractivity contribution is 6.16. The summed E-state index contributed by atoms with van der Waals surface area (Å²) < 4.78 is 7.40. The van der Waals surface area contributed by atoms with Crippen molar-refractivity contribution in [3.05, 3.63) is 18.0 Å². The first-order chi connectivity index (χ1) is 9.24. The van der Waals surface area contributed by atoms with Gasteiger partial charge in [0.15, 0.2) is 5.65 Å². The number of imidazole rings is 1. The lowest BCUT2D eigenvalue weighted by atomic mass is 9.80. The maximum absolute atomic E-state index is 6.04. The van der Waals surface area contributed by atoms with Crippen LogP contribution in [0.3, 0.4) is 0 Å². The Morgan fingerprint density at radius 1 is 1.42 bits per heavy atom. The van der Waals surface area contributed by atoms with Gasteiger partial charge in [0.25, 0.3) is 0 Å². The van der Waals surface area contributed by atoms with Gasteiger partial charge in [0, 0.05) is 12.1 Å². The van der Waals surface area contributed by atoms with Crippen molar-refractivity contribution in [2.45, 2.75) is 38.1 Å². The molecule has 4 nitrogen and oxygen atoms in total. The average Bonchev–Trinajstić information content (AvgIpc) is 2.73. The number of nitrogens with zero attached hydrogens (tertiary/aromatic N) is 3. The molecule has 0 bridgehead atoms. The third-order valence-electron chi connectivity index (χ3n) is 4.15. The Kier molecular flexibility index (Phi) is 3.35. The standard InChI is InChI=1S/C14H18ClN3O/c1-9(10-4-3-5-10)18-12(8-15)16-11-6-7-13(19-2)17-14(11)18/h6-7,9-10H,3-5,8H2,1-2H3. The van der Waals surface area contributed by atoms with Crippen molar-refractivity contribution in [2.24, 2.45) is 5.92 Å². The number of halogens is 1. The molecule has 0 radical (unpaired) electrons. The second-order valence-corrected chi connectivity index (χ2v) is 5.43. The average molecular weight is 280 g/mol. The number of fused-ring (bicyclic) bond motifs is 1. The predicted octanol–water partition coefficient (Wildman–Crippen LogP) is 3.54. The summed E-state index contributed by atoms with van der Waals surface area (Å²) in [7, 11) is 1.63. The summed E-state index contributed by atoms with van der Waals surface area (Å²) in [6.07, 6.45) is 3.90. The highest BCUT2D eigenvalue weighted by Gasteiger charge is 2.28. The lowest BCUT2D eigenvalue weighted by Gasteiger charge is -2.33. The quantitative estimate of drug-likeness (QED) is 0.804. The number of methoxy groups -OCH3 is 1. The lowest BCUT2D eigenvalue weighted by Crippen LogP contribution is -2.24. The van der Waals surface area contributed by atoms with E-state index in [0.717, 1.165) is 17.0 Å². The van der Waals surface area contributed by atoms with Crippen molar-refractivity contribution in [3.8, 4) is 5.88 Å². The summed E-state index contributed by atoms with van der Waals surface area (Å²) in [5.74, 6) is 2.65. The molecule has 2 aromatic heterocycles. The zero-order chi connectivity index (χ0) is 13.4. The van der Waals surface area contributed by atoms with Crippen molar-refractivity contribution < 1.29 is 4.74 Å². The van der Waals surface area contributed by atoms with E-state index in [1.54, 1.807) is 7.11 Å². The van der Waals surface area contributed by atoms with E-state index in [1.807, 2.05) is 12.1 Å². The first kappa shape index (κ1) is 12.7. The second-order valence-electron chi connectivity index (χ2n) is 5.16. The van der Waals surface area contributed by atoms with E-state index >= 15 is 0 Å². The molecule has 0 aromatic carbocycles. The van der Waals surface area contributed by atoms with E-state index in [1.165, 1.54) is 19.3 Å². The van der Waals surface area contributed by atoms with Crippen LogP contribution in [0.15, 0.2) is 12.1 Å². The molecule has 0 spiro atoms. The summed E-state index contributed by atoms with van der Waals surface area (Å²) in [4.78, 5) is 9.13. The predicted molar refractivity (Wildman–Crippen MR) is 75.7 cm³/mol. The van der Waals surface area contributed by atoms with Gasteiger partial charge in [-0.3, -0.25) is 0 Å². The molecule has 0 N–H and O–H groups in total. The molecule has 1 aliphatic rings. The van der Waals surface area contributed by atoms with Gasteiger partial charge < -0.3 is 9.30 Å². The molecule has 3 rings (SSSR count). The van der Waals surface area contributed by atoms with Gasteiger partial charge in [-0.1, -0.05) is 6.42 Å². The number of rotatable bonds is 4. The zero-order valence-corrected chi connectivity index (χ0v) is 12.0. The number of hydrogen-bond acceptors (Lipinski definition) is 3. The highest BCUT2D eigenvalue weighted by Crippen LogP contribution is 2.38. The first-order valence-corrected chi connectivity index (χ1v) is 7.26. The Bertz CT molecular complexity index is 592. The molecule has 5 heteroatoms. The van der Waals surface area contributed by atoms with Crippen LogP contribution < -0.4 is 4.74 Å². The van der Waals surface area contributed by atoms with E-state index in [0.29, 0.717) is 23.7 Å². The fraction of sp³-hybridized carbons (Fsp3) is 0.571. The molecule has 1 atom stereocenters. The largest absolute Gasteiger partial charge is 0.481 e. The monoisotopic (exact) mass is 279 g/mol. The summed E-state index contributed by atoms with van der Waals surface area (Å²) in [5.41, 5.74) is 1.78. The number of ether oxygens (including phenoxy) is 1. The van der Waals surface area contributed by atoms with E-state index in [9.17, 15) is 0 Å². The smallest absolute Gasteiger partial charge is 0.215 e. The van der Waals surface area contributed by atoms with Gasteiger partial charge in [-0.15, -0.1) is 11.6 Å². The van der Waals surface area contributed by atoms with Gasteiger partial charge in [-0.05, 0) is 31.7 Å². The van der Waals surface area contributed by atoms with Crippen molar-refractivity contribution >= 4 is 22.8 Å². The van der Waals surface area contributed by atoms with Gasteiger partial charge >= 0.3 is 0 Å². The lowest BCUT2D eigenvalue weighted by molar-refractivity contribution is 0.223. The third kappa shape index (κ3) is 2.08. The second kappa shape index (κ2) is 5.00. The van der Waals surface area contributed by atoms with E-state index in [2.05, 4.69) is 21.5 Å². The maximum Gasteiger partial charge on any atom is 0.215 e. The summed E-state index contributed by atoms with van der Waals surface area (Å²) >= 11 is 6.04. The molecule has 0 saturated heterocycles. The summed E-state index contributed by atoms with van der Waals surface area (Å²) in [6.45, 7) is 2.24. The van der Waals surface area contributed by atoms with Gasteiger partial charge in [-0.2, -0.15) is 4.98 Å². The van der Waals surface area contributed by atoms with Gasteiger partial charge in [0.2, 0.25) is 5.88 Å². The Balaban J connectivity index is 2.12. The molecule has 0 amide bonds. The van der Waals surface area contributed by atoms with Crippen molar-refractivity contribution in [1.82, 2.24) is 14.5 Å². The fourth-order valence-electron chi connectivity index (χ4n) is 2.77. The molecule has 2 heterocycles. The number of alkyl halides is 1. The van der Waals surface area contributed by atoms with Crippen LogP contribution in [0, 0.1) is 5.92 Å². The van der Waals surface area contributed by atoms with E-state index in [4.69, 9.17) is 16.3 Å². The summed E-state index contributed by atoms with van der Waals surface area (Å²) in [6, 6.07) is 4.18. The molecule has 1 unspecified atom stereocenters. The minimum atomic E-state index is 0.395. The molecule has 1 fully saturated rings. The Morgan fingerprint density at radius 2 is 2.21 bits per heavy atom. The number of hydrogen-bond donors (Lipinski definition) is 0. The minimum absolute atomic E-state index is 0.395. The number of aromatic nitrogens is 3. The van der Waals surface area contributed by atoms with Gasteiger partial charge in [-0.25, -0.2) is 4.98 Å². The van der Waals surface area contributed by atoms with Crippen LogP contribution in [0.1, 0.15) is 38.1 Å². The Labute approximate surface area is 117 Å². The molecule has 1 aliphatic carbocycles. The van der Waals surface area contributed by atoms with Crippen LogP contribution in [0.4, 0.5) is 0 Å². The van der Waals surface area contributed by atoms with Crippen LogP contribution in [-0.2, 0) is 5.88 Å². The van der Waals surface area contributed by atoms with Crippen molar-refractivity contribution in [2.75, 3.05) is 7.11 Å².